The van der Waals surface area contributed by atoms with Crippen molar-refractivity contribution in [1.29, 1.82) is 0 Å². The highest BCUT2D eigenvalue weighted by molar-refractivity contribution is 5.82. The lowest BCUT2D eigenvalue weighted by atomic mass is 9.92. The molecule has 1 aliphatic heterocycles. The van der Waals surface area contributed by atoms with Crippen LogP contribution in [0.15, 0.2) is 24.3 Å². The van der Waals surface area contributed by atoms with Gasteiger partial charge in [0.15, 0.2) is 0 Å². The maximum atomic E-state index is 12.4. The van der Waals surface area contributed by atoms with Gasteiger partial charge in [-0.25, -0.2) is 0 Å². The highest BCUT2D eigenvalue weighted by Crippen LogP contribution is 2.58. The van der Waals surface area contributed by atoms with E-state index in [9.17, 15) is 4.79 Å². The van der Waals surface area contributed by atoms with Crippen molar-refractivity contribution in [1.82, 2.24) is 10.6 Å². The zero-order valence-electron chi connectivity index (χ0n) is 12.7. The molecule has 1 aliphatic carbocycles. The van der Waals surface area contributed by atoms with Gasteiger partial charge in [0.25, 0.3) is 0 Å². The standard InChI is InChI=1S/C17H24N2O2/c1-21-12-14-5-3-2-4-13(14)11-19-16(20)15-10-17(15)6-8-18-9-7-17/h2-5,15,18H,6-12H2,1H3,(H,19,20). The number of hydrogen-bond donors (Lipinski definition) is 2. The van der Waals surface area contributed by atoms with Crippen molar-refractivity contribution in [2.75, 3.05) is 20.2 Å². The minimum Gasteiger partial charge on any atom is -0.380 e. The predicted octanol–water partition coefficient (Wildman–Crippen LogP) is 1.84. The fraction of sp³-hybridized carbons (Fsp3) is 0.588. The van der Waals surface area contributed by atoms with E-state index in [4.69, 9.17) is 4.74 Å². The molecular formula is C17H24N2O2. The number of carbonyl (C=O) groups is 1. The van der Waals surface area contributed by atoms with E-state index in [2.05, 4.69) is 22.8 Å². The van der Waals surface area contributed by atoms with E-state index in [1.165, 1.54) is 0 Å². The Morgan fingerprint density at radius 1 is 1.33 bits per heavy atom. The molecule has 3 rings (SSSR count). The summed E-state index contributed by atoms with van der Waals surface area (Å²) in [6.07, 6.45) is 3.36. The fourth-order valence-electron chi connectivity index (χ4n) is 3.53. The number of amides is 1. The summed E-state index contributed by atoms with van der Waals surface area (Å²) in [5.74, 6) is 0.457. The minimum atomic E-state index is 0.226. The Kier molecular flexibility index (Phi) is 4.27. The highest BCUT2D eigenvalue weighted by atomic mass is 16.5. The molecule has 4 heteroatoms. The van der Waals surface area contributed by atoms with E-state index in [0.29, 0.717) is 18.6 Å². The topological polar surface area (TPSA) is 50.4 Å². The molecule has 1 saturated carbocycles. The second-order valence-corrected chi connectivity index (χ2v) is 6.29. The smallest absolute Gasteiger partial charge is 0.223 e. The zero-order valence-corrected chi connectivity index (χ0v) is 12.7. The van der Waals surface area contributed by atoms with Gasteiger partial charge in [-0.3, -0.25) is 4.79 Å². The Labute approximate surface area is 126 Å². The van der Waals surface area contributed by atoms with Gasteiger partial charge in [-0.15, -0.1) is 0 Å². The average molecular weight is 288 g/mol. The fourth-order valence-corrected chi connectivity index (χ4v) is 3.53. The summed E-state index contributed by atoms with van der Waals surface area (Å²) in [4.78, 5) is 12.4. The third-order valence-electron chi connectivity index (χ3n) is 4.98. The molecule has 0 bridgehead atoms. The van der Waals surface area contributed by atoms with Crippen LogP contribution < -0.4 is 10.6 Å². The molecule has 0 aromatic heterocycles. The molecule has 1 atom stereocenters. The first-order valence-electron chi connectivity index (χ1n) is 7.79. The molecular weight excluding hydrogens is 264 g/mol. The molecule has 1 saturated heterocycles. The van der Waals surface area contributed by atoms with Crippen LogP contribution in [0.5, 0.6) is 0 Å². The Bertz CT molecular complexity index is 509. The van der Waals surface area contributed by atoms with Gasteiger partial charge in [-0.05, 0) is 48.9 Å². The second kappa shape index (κ2) is 6.16. The first kappa shape index (κ1) is 14.5. The molecule has 2 aliphatic rings. The van der Waals surface area contributed by atoms with Gasteiger partial charge in [-0.1, -0.05) is 24.3 Å². The highest BCUT2D eigenvalue weighted by Gasteiger charge is 2.57. The van der Waals surface area contributed by atoms with E-state index in [-0.39, 0.29) is 11.8 Å². The molecule has 1 unspecified atom stereocenters. The van der Waals surface area contributed by atoms with Gasteiger partial charge in [-0.2, -0.15) is 0 Å². The van der Waals surface area contributed by atoms with Gasteiger partial charge in [0.2, 0.25) is 5.91 Å². The SMILES string of the molecule is COCc1ccccc1CNC(=O)C1CC12CCNCC2. The predicted molar refractivity (Wildman–Crippen MR) is 81.6 cm³/mol. The molecule has 1 spiro atoms. The zero-order chi connectivity index (χ0) is 14.7. The lowest BCUT2D eigenvalue weighted by Gasteiger charge is -2.23. The van der Waals surface area contributed by atoms with Crippen LogP contribution in [0.4, 0.5) is 0 Å². The minimum absolute atomic E-state index is 0.226. The van der Waals surface area contributed by atoms with Gasteiger partial charge >= 0.3 is 0 Å². The number of ether oxygens (including phenoxy) is 1. The lowest BCUT2D eigenvalue weighted by molar-refractivity contribution is -0.123. The van der Waals surface area contributed by atoms with Crippen LogP contribution >= 0.6 is 0 Å². The van der Waals surface area contributed by atoms with Crippen LogP contribution in [-0.2, 0) is 22.7 Å². The van der Waals surface area contributed by atoms with E-state index in [0.717, 1.165) is 43.5 Å². The summed E-state index contributed by atoms with van der Waals surface area (Å²) < 4.78 is 5.21. The summed E-state index contributed by atoms with van der Waals surface area (Å²) in [5, 5.41) is 6.49. The van der Waals surface area contributed by atoms with Crippen molar-refractivity contribution in [3.63, 3.8) is 0 Å². The van der Waals surface area contributed by atoms with Crippen LogP contribution in [0.3, 0.4) is 0 Å². The maximum Gasteiger partial charge on any atom is 0.223 e. The first-order chi connectivity index (χ1) is 10.2. The number of piperidine rings is 1. The van der Waals surface area contributed by atoms with E-state index in [1.807, 2.05) is 12.1 Å². The van der Waals surface area contributed by atoms with Crippen LogP contribution in [-0.4, -0.2) is 26.1 Å². The molecule has 1 aromatic rings. The van der Waals surface area contributed by atoms with Gasteiger partial charge in [0, 0.05) is 19.6 Å². The monoisotopic (exact) mass is 288 g/mol. The van der Waals surface area contributed by atoms with Crippen molar-refractivity contribution in [2.24, 2.45) is 11.3 Å². The first-order valence-corrected chi connectivity index (χ1v) is 7.79. The number of carbonyl (C=O) groups excluding carboxylic acids is 1. The van der Waals surface area contributed by atoms with E-state index in [1.54, 1.807) is 7.11 Å². The molecule has 1 amide bonds. The molecule has 2 N–H and O–H groups in total. The van der Waals surface area contributed by atoms with E-state index < -0.39 is 0 Å². The van der Waals surface area contributed by atoms with Crippen LogP contribution in [0.2, 0.25) is 0 Å². The van der Waals surface area contributed by atoms with Crippen molar-refractivity contribution >= 4 is 5.91 Å². The normalized spacial score (nSPS) is 23.0. The van der Waals surface area contributed by atoms with Crippen molar-refractivity contribution < 1.29 is 9.53 Å². The summed E-state index contributed by atoms with van der Waals surface area (Å²) in [7, 11) is 1.69. The summed E-state index contributed by atoms with van der Waals surface area (Å²) >= 11 is 0. The number of hydrogen-bond acceptors (Lipinski definition) is 3. The number of benzene rings is 1. The van der Waals surface area contributed by atoms with Crippen LogP contribution in [0.1, 0.15) is 30.4 Å². The Hall–Kier alpha value is -1.39. The molecule has 0 radical (unpaired) electrons. The van der Waals surface area contributed by atoms with Gasteiger partial charge in [0.1, 0.15) is 0 Å². The number of rotatable bonds is 5. The van der Waals surface area contributed by atoms with Gasteiger partial charge < -0.3 is 15.4 Å². The molecule has 2 fully saturated rings. The largest absolute Gasteiger partial charge is 0.380 e. The van der Waals surface area contributed by atoms with Crippen molar-refractivity contribution in [3.8, 4) is 0 Å². The summed E-state index contributed by atoms with van der Waals surface area (Å²) in [6, 6.07) is 8.12. The Morgan fingerprint density at radius 3 is 2.76 bits per heavy atom. The molecule has 21 heavy (non-hydrogen) atoms. The Balaban J connectivity index is 1.55. The third kappa shape index (κ3) is 3.11. The van der Waals surface area contributed by atoms with Crippen LogP contribution in [0.25, 0.3) is 0 Å². The molecule has 4 nitrogen and oxygen atoms in total. The number of methoxy groups -OCH3 is 1. The Morgan fingerprint density at radius 2 is 2.05 bits per heavy atom. The summed E-state index contributed by atoms with van der Waals surface area (Å²) in [6.45, 7) is 3.30. The van der Waals surface area contributed by atoms with Crippen molar-refractivity contribution in [3.05, 3.63) is 35.4 Å². The number of nitrogens with one attached hydrogen (secondary N) is 2. The summed E-state index contributed by atoms with van der Waals surface area (Å²) in [5.41, 5.74) is 2.60. The molecule has 1 aromatic carbocycles. The van der Waals surface area contributed by atoms with E-state index >= 15 is 0 Å². The lowest BCUT2D eigenvalue weighted by Crippen LogP contribution is -2.33. The van der Waals surface area contributed by atoms with Crippen LogP contribution in [0, 0.1) is 11.3 Å². The molecule has 1 heterocycles. The van der Waals surface area contributed by atoms with Gasteiger partial charge in [0.05, 0.1) is 6.61 Å². The third-order valence-corrected chi connectivity index (χ3v) is 4.98. The average Bonchev–Trinajstić information content (AvgIpc) is 3.20. The second-order valence-electron chi connectivity index (χ2n) is 6.29. The maximum absolute atomic E-state index is 12.4. The van der Waals surface area contributed by atoms with Crippen molar-refractivity contribution in [2.45, 2.75) is 32.4 Å². The quantitative estimate of drug-likeness (QED) is 0.869. The molecule has 114 valence electrons.